The number of benzene rings is 1. The van der Waals surface area contributed by atoms with Crippen LogP contribution in [0.15, 0.2) is 30.3 Å². The molecular weight excluding hydrogens is 452 g/mol. The first-order valence-electron chi connectivity index (χ1n) is 10.3. The summed E-state index contributed by atoms with van der Waals surface area (Å²) < 4.78 is 0. The molecular formula is C21H28N4O9. The van der Waals surface area contributed by atoms with Crippen molar-refractivity contribution in [1.82, 2.24) is 16.0 Å². The molecule has 0 aliphatic rings. The molecule has 8 N–H and O–H groups in total. The fraction of sp³-hybridized carbons (Fsp3) is 0.429. The number of carboxylic acid groups (broad SMARTS) is 3. The van der Waals surface area contributed by atoms with Gasteiger partial charge in [0.25, 0.3) is 0 Å². The summed E-state index contributed by atoms with van der Waals surface area (Å²) in [5, 5.41) is 33.4. The van der Waals surface area contributed by atoms with Gasteiger partial charge < -0.3 is 37.0 Å². The van der Waals surface area contributed by atoms with E-state index >= 15 is 0 Å². The Hall–Kier alpha value is -4.00. The zero-order valence-electron chi connectivity index (χ0n) is 18.2. The summed E-state index contributed by atoms with van der Waals surface area (Å²) in [5.41, 5.74) is 6.38. The number of nitrogens with two attached hydrogens (primary N) is 1. The first-order chi connectivity index (χ1) is 16.0. The van der Waals surface area contributed by atoms with Crippen LogP contribution in [0.3, 0.4) is 0 Å². The summed E-state index contributed by atoms with van der Waals surface area (Å²) >= 11 is 0. The highest BCUT2D eigenvalue weighted by Gasteiger charge is 2.26. The Morgan fingerprint density at radius 3 is 1.94 bits per heavy atom. The summed E-state index contributed by atoms with van der Waals surface area (Å²) in [6, 6.07) is 4.85. The molecule has 3 atom stereocenters. The van der Waals surface area contributed by atoms with E-state index in [2.05, 4.69) is 16.0 Å². The van der Waals surface area contributed by atoms with Crippen LogP contribution >= 0.6 is 0 Å². The SMILES string of the molecule is NC(CCC(=O)O)C(=O)NC(Cc1ccccc1)C(=O)NCC(=O)NC(CCC(=O)O)C(=O)O. The molecule has 0 aliphatic carbocycles. The summed E-state index contributed by atoms with van der Waals surface area (Å²) in [4.78, 5) is 69.6. The molecule has 0 saturated carbocycles. The predicted octanol–water partition coefficient (Wildman–Crippen LogP) is -1.54. The first kappa shape index (κ1) is 28.0. The van der Waals surface area contributed by atoms with Crippen LogP contribution in [0, 0.1) is 0 Å². The van der Waals surface area contributed by atoms with Gasteiger partial charge in [0.05, 0.1) is 12.6 Å². The van der Waals surface area contributed by atoms with Crippen LogP contribution in [0.2, 0.25) is 0 Å². The summed E-state index contributed by atoms with van der Waals surface area (Å²) in [6.45, 7) is -0.623. The fourth-order valence-corrected chi connectivity index (χ4v) is 2.81. The van der Waals surface area contributed by atoms with E-state index in [1.54, 1.807) is 30.3 Å². The number of amides is 3. The smallest absolute Gasteiger partial charge is 0.326 e. The van der Waals surface area contributed by atoms with Gasteiger partial charge in [-0.25, -0.2) is 4.79 Å². The maximum absolute atomic E-state index is 12.7. The molecule has 13 nitrogen and oxygen atoms in total. The lowest BCUT2D eigenvalue weighted by atomic mass is 10.0. The molecule has 1 rings (SSSR count). The lowest BCUT2D eigenvalue weighted by Gasteiger charge is -2.21. The van der Waals surface area contributed by atoms with Crippen LogP contribution in [-0.4, -0.2) is 75.6 Å². The van der Waals surface area contributed by atoms with Crippen molar-refractivity contribution in [3.05, 3.63) is 35.9 Å². The van der Waals surface area contributed by atoms with E-state index < -0.39 is 66.7 Å². The lowest BCUT2D eigenvalue weighted by molar-refractivity contribution is -0.143. The Morgan fingerprint density at radius 1 is 0.794 bits per heavy atom. The largest absolute Gasteiger partial charge is 0.481 e. The molecule has 3 unspecified atom stereocenters. The normalized spacial score (nSPS) is 13.1. The number of rotatable bonds is 15. The van der Waals surface area contributed by atoms with E-state index in [-0.39, 0.29) is 25.7 Å². The van der Waals surface area contributed by atoms with Crippen molar-refractivity contribution >= 4 is 35.6 Å². The zero-order valence-corrected chi connectivity index (χ0v) is 18.2. The van der Waals surface area contributed by atoms with Crippen LogP contribution in [0.4, 0.5) is 0 Å². The highest BCUT2D eigenvalue weighted by molar-refractivity contribution is 5.93. The number of carboxylic acids is 3. The van der Waals surface area contributed by atoms with Crippen molar-refractivity contribution < 1.29 is 44.1 Å². The van der Waals surface area contributed by atoms with Crippen LogP contribution < -0.4 is 21.7 Å². The minimum absolute atomic E-state index is 0.0437. The van der Waals surface area contributed by atoms with Crippen LogP contribution in [0.25, 0.3) is 0 Å². The van der Waals surface area contributed by atoms with Crippen molar-refractivity contribution in [2.45, 2.75) is 50.2 Å². The third kappa shape index (κ3) is 11.0. The Kier molecular flexibility index (Phi) is 11.7. The molecule has 0 heterocycles. The Balaban J connectivity index is 2.77. The van der Waals surface area contributed by atoms with E-state index in [1.165, 1.54) is 0 Å². The number of hydrogen-bond acceptors (Lipinski definition) is 7. The monoisotopic (exact) mass is 480 g/mol. The van der Waals surface area contributed by atoms with Crippen molar-refractivity contribution in [2.75, 3.05) is 6.54 Å². The van der Waals surface area contributed by atoms with E-state index in [0.29, 0.717) is 5.56 Å². The van der Waals surface area contributed by atoms with Gasteiger partial charge in [0, 0.05) is 19.3 Å². The second-order valence-electron chi connectivity index (χ2n) is 7.40. The van der Waals surface area contributed by atoms with Crippen LogP contribution in [0.5, 0.6) is 0 Å². The Morgan fingerprint density at radius 2 is 1.38 bits per heavy atom. The highest BCUT2D eigenvalue weighted by atomic mass is 16.4. The van der Waals surface area contributed by atoms with Gasteiger partial charge in [-0.05, 0) is 18.4 Å². The zero-order chi connectivity index (χ0) is 25.7. The van der Waals surface area contributed by atoms with Gasteiger partial charge in [0.2, 0.25) is 17.7 Å². The Bertz CT molecular complexity index is 891. The van der Waals surface area contributed by atoms with E-state index in [9.17, 15) is 28.8 Å². The summed E-state index contributed by atoms with van der Waals surface area (Å²) in [5.74, 6) is -6.15. The topological polar surface area (TPSA) is 225 Å². The van der Waals surface area contributed by atoms with Gasteiger partial charge in [-0.1, -0.05) is 30.3 Å². The van der Waals surface area contributed by atoms with Crippen molar-refractivity contribution in [3.63, 3.8) is 0 Å². The molecule has 3 amide bonds. The summed E-state index contributed by atoms with van der Waals surface area (Å²) in [6.07, 6.45) is -1.25. The minimum Gasteiger partial charge on any atom is -0.481 e. The van der Waals surface area contributed by atoms with E-state index in [4.69, 9.17) is 21.1 Å². The van der Waals surface area contributed by atoms with Crippen molar-refractivity contribution in [1.29, 1.82) is 0 Å². The van der Waals surface area contributed by atoms with Gasteiger partial charge in [-0.3, -0.25) is 24.0 Å². The van der Waals surface area contributed by atoms with Crippen LogP contribution in [0.1, 0.15) is 31.2 Å². The molecule has 34 heavy (non-hydrogen) atoms. The molecule has 1 aromatic rings. The number of nitrogens with one attached hydrogen (secondary N) is 3. The van der Waals surface area contributed by atoms with Gasteiger partial charge >= 0.3 is 17.9 Å². The number of carbonyl (C=O) groups excluding carboxylic acids is 3. The molecule has 186 valence electrons. The average molecular weight is 480 g/mol. The maximum atomic E-state index is 12.7. The van der Waals surface area contributed by atoms with Crippen LogP contribution in [-0.2, 0) is 35.2 Å². The van der Waals surface area contributed by atoms with Crippen molar-refractivity contribution in [2.24, 2.45) is 5.73 Å². The molecule has 0 aliphatic heterocycles. The van der Waals surface area contributed by atoms with Crippen molar-refractivity contribution in [3.8, 4) is 0 Å². The summed E-state index contributed by atoms with van der Waals surface area (Å²) in [7, 11) is 0. The molecule has 0 radical (unpaired) electrons. The van der Waals surface area contributed by atoms with E-state index in [0.717, 1.165) is 0 Å². The fourth-order valence-electron chi connectivity index (χ4n) is 2.81. The van der Waals surface area contributed by atoms with Gasteiger partial charge in [0.1, 0.15) is 12.1 Å². The standard InChI is InChI=1S/C21H28N4O9/c22-13(6-8-17(27)28)19(31)25-15(10-12-4-2-1-3-5-12)20(32)23-11-16(26)24-14(21(33)34)7-9-18(29)30/h1-5,13-15H,6-11,22H2,(H,23,32)(H,24,26)(H,25,31)(H,27,28)(H,29,30)(H,33,34). The number of aliphatic carboxylic acids is 3. The molecule has 0 fully saturated rings. The molecule has 0 spiro atoms. The predicted molar refractivity (Wildman–Crippen MR) is 116 cm³/mol. The minimum atomic E-state index is -1.45. The quantitative estimate of drug-likeness (QED) is 0.153. The highest BCUT2D eigenvalue weighted by Crippen LogP contribution is 2.05. The number of hydrogen-bond donors (Lipinski definition) is 7. The van der Waals surface area contributed by atoms with Gasteiger partial charge in [-0.2, -0.15) is 0 Å². The molecule has 0 bridgehead atoms. The van der Waals surface area contributed by atoms with Gasteiger partial charge in [-0.15, -0.1) is 0 Å². The maximum Gasteiger partial charge on any atom is 0.326 e. The van der Waals surface area contributed by atoms with E-state index in [1.807, 2.05) is 0 Å². The molecule has 0 aromatic heterocycles. The lowest BCUT2D eigenvalue weighted by Crippen LogP contribution is -2.54. The molecule has 0 saturated heterocycles. The number of carbonyl (C=O) groups is 6. The second kappa shape index (κ2) is 14.2. The average Bonchev–Trinajstić information content (AvgIpc) is 2.78. The Labute approximate surface area is 194 Å². The second-order valence-corrected chi connectivity index (χ2v) is 7.40. The molecule has 1 aromatic carbocycles. The molecule has 13 heteroatoms. The first-order valence-corrected chi connectivity index (χ1v) is 10.3. The third-order valence-electron chi connectivity index (χ3n) is 4.62. The third-order valence-corrected chi connectivity index (χ3v) is 4.62. The van der Waals surface area contributed by atoms with Gasteiger partial charge in [0.15, 0.2) is 0 Å².